The minimum Gasteiger partial charge on any atom is -0.306 e. The Morgan fingerprint density at radius 3 is 2.68 bits per heavy atom. The Labute approximate surface area is 175 Å². The molecule has 1 amide bonds. The smallest absolute Gasteiger partial charge is 0.258 e. The van der Waals surface area contributed by atoms with Gasteiger partial charge >= 0.3 is 0 Å². The summed E-state index contributed by atoms with van der Waals surface area (Å²) in [7, 11) is 0. The lowest BCUT2D eigenvalue weighted by molar-refractivity contribution is 0.102. The van der Waals surface area contributed by atoms with Crippen LogP contribution in [0.2, 0.25) is 10.0 Å². The van der Waals surface area contributed by atoms with Gasteiger partial charge in [0.2, 0.25) is 5.13 Å². The predicted octanol–water partition coefficient (Wildman–Crippen LogP) is 5.86. The van der Waals surface area contributed by atoms with E-state index >= 15 is 0 Å². The van der Waals surface area contributed by atoms with Crippen LogP contribution in [-0.2, 0) is 0 Å². The SMILES string of the molecule is Cc1cc(NC(=O)c2cc(Cl)ccc2Cl)n(-c2nc(-c3ccccc3)cs2)n1. The number of carbonyl (C=O) groups excluding carboxylic acids is 1. The fourth-order valence-electron chi connectivity index (χ4n) is 2.69. The predicted molar refractivity (Wildman–Crippen MR) is 114 cm³/mol. The van der Waals surface area contributed by atoms with Crippen molar-refractivity contribution in [3.05, 3.63) is 81.3 Å². The van der Waals surface area contributed by atoms with Crippen LogP contribution < -0.4 is 5.32 Å². The molecular weight excluding hydrogens is 415 g/mol. The van der Waals surface area contributed by atoms with Gasteiger partial charge in [-0.3, -0.25) is 4.79 Å². The Hall–Kier alpha value is -2.67. The second-order valence-corrected chi connectivity index (χ2v) is 7.72. The van der Waals surface area contributed by atoms with E-state index in [9.17, 15) is 4.79 Å². The fourth-order valence-corrected chi connectivity index (χ4v) is 3.86. The lowest BCUT2D eigenvalue weighted by atomic mass is 10.2. The van der Waals surface area contributed by atoms with Crippen molar-refractivity contribution in [2.75, 3.05) is 5.32 Å². The molecule has 0 bridgehead atoms. The van der Waals surface area contributed by atoms with Crippen LogP contribution in [0.15, 0.2) is 60.0 Å². The maximum absolute atomic E-state index is 12.7. The van der Waals surface area contributed by atoms with Gasteiger partial charge in [-0.05, 0) is 25.1 Å². The van der Waals surface area contributed by atoms with Crippen LogP contribution in [0.3, 0.4) is 0 Å². The molecule has 2 aromatic heterocycles. The number of rotatable bonds is 4. The highest BCUT2D eigenvalue weighted by Crippen LogP contribution is 2.27. The Bertz CT molecular complexity index is 1150. The summed E-state index contributed by atoms with van der Waals surface area (Å²) in [5, 5.41) is 10.7. The second kappa shape index (κ2) is 7.75. The van der Waals surface area contributed by atoms with Gasteiger partial charge in [-0.15, -0.1) is 11.3 Å². The third-order valence-corrected chi connectivity index (χ3v) is 5.37. The molecule has 0 atom stereocenters. The summed E-state index contributed by atoms with van der Waals surface area (Å²) in [6, 6.07) is 16.4. The number of anilines is 1. The number of aromatic nitrogens is 3. The van der Waals surface area contributed by atoms with Crippen molar-refractivity contribution >= 4 is 46.3 Å². The number of nitrogens with zero attached hydrogens (tertiary/aromatic N) is 3. The van der Waals surface area contributed by atoms with Crippen LogP contribution in [0.25, 0.3) is 16.4 Å². The number of nitrogens with one attached hydrogen (secondary N) is 1. The van der Waals surface area contributed by atoms with Crippen molar-refractivity contribution in [2.45, 2.75) is 6.92 Å². The lowest BCUT2D eigenvalue weighted by Crippen LogP contribution is -2.15. The molecule has 28 heavy (non-hydrogen) atoms. The number of hydrogen-bond acceptors (Lipinski definition) is 4. The van der Waals surface area contributed by atoms with Gasteiger partial charge in [0.25, 0.3) is 5.91 Å². The van der Waals surface area contributed by atoms with Crippen LogP contribution in [0, 0.1) is 6.92 Å². The maximum atomic E-state index is 12.7. The van der Waals surface area contributed by atoms with Crippen LogP contribution in [-0.4, -0.2) is 20.7 Å². The monoisotopic (exact) mass is 428 g/mol. The number of amides is 1. The molecule has 0 unspecified atom stereocenters. The van der Waals surface area contributed by atoms with Gasteiger partial charge in [-0.1, -0.05) is 53.5 Å². The van der Waals surface area contributed by atoms with Crippen LogP contribution >= 0.6 is 34.5 Å². The number of aryl methyl sites for hydroxylation is 1. The number of carbonyl (C=O) groups is 1. The summed E-state index contributed by atoms with van der Waals surface area (Å²) in [6.45, 7) is 1.85. The summed E-state index contributed by atoms with van der Waals surface area (Å²) >= 11 is 13.6. The van der Waals surface area contributed by atoms with Crippen molar-refractivity contribution in [1.29, 1.82) is 0 Å². The Balaban J connectivity index is 1.65. The Morgan fingerprint density at radius 2 is 1.89 bits per heavy atom. The van der Waals surface area contributed by atoms with Crippen molar-refractivity contribution in [3.8, 4) is 16.4 Å². The van der Waals surface area contributed by atoms with E-state index in [0.717, 1.165) is 17.0 Å². The molecule has 0 radical (unpaired) electrons. The third-order valence-electron chi connectivity index (χ3n) is 3.99. The van der Waals surface area contributed by atoms with Crippen molar-refractivity contribution in [3.63, 3.8) is 0 Å². The van der Waals surface area contributed by atoms with E-state index in [2.05, 4.69) is 15.4 Å². The molecule has 0 fully saturated rings. The molecule has 0 spiro atoms. The highest BCUT2D eigenvalue weighted by atomic mass is 35.5. The molecular formula is C20H14Cl2N4OS. The highest BCUT2D eigenvalue weighted by molar-refractivity contribution is 7.12. The molecule has 0 aliphatic heterocycles. The standard InChI is InChI=1S/C20H14Cl2N4OS/c1-12-9-18(24-19(27)15-10-14(21)7-8-16(15)22)26(25-12)20-23-17(11-28-20)13-5-3-2-4-6-13/h2-11H,1H3,(H,24,27). The van der Waals surface area contributed by atoms with Crippen molar-refractivity contribution in [2.24, 2.45) is 0 Å². The quantitative estimate of drug-likeness (QED) is 0.442. The first-order valence-corrected chi connectivity index (χ1v) is 9.99. The molecule has 8 heteroatoms. The molecule has 0 aliphatic rings. The van der Waals surface area contributed by atoms with E-state index in [-0.39, 0.29) is 5.91 Å². The Kier molecular flexibility index (Phi) is 5.17. The number of halogens is 2. The van der Waals surface area contributed by atoms with E-state index < -0.39 is 0 Å². The zero-order chi connectivity index (χ0) is 19.7. The first kappa shape index (κ1) is 18.7. The number of thiazole rings is 1. The van der Waals surface area contributed by atoms with Crippen molar-refractivity contribution in [1.82, 2.24) is 14.8 Å². The lowest BCUT2D eigenvalue weighted by Gasteiger charge is -2.08. The molecule has 4 rings (SSSR count). The van der Waals surface area contributed by atoms with Crippen LogP contribution in [0.1, 0.15) is 16.1 Å². The van der Waals surface area contributed by atoms with Gasteiger partial charge in [0.15, 0.2) is 0 Å². The molecule has 5 nitrogen and oxygen atoms in total. The van der Waals surface area contributed by atoms with Gasteiger partial charge in [0, 0.05) is 22.0 Å². The largest absolute Gasteiger partial charge is 0.306 e. The normalized spacial score (nSPS) is 10.8. The minimum absolute atomic E-state index is 0.295. The molecule has 2 heterocycles. The number of hydrogen-bond donors (Lipinski definition) is 1. The summed E-state index contributed by atoms with van der Waals surface area (Å²) in [5.74, 6) is 0.140. The van der Waals surface area contributed by atoms with Crippen molar-refractivity contribution < 1.29 is 4.79 Å². The minimum atomic E-state index is -0.367. The van der Waals surface area contributed by atoms with Gasteiger partial charge in [0.05, 0.1) is 22.0 Å². The van der Waals surface area contributed by atoms with E-state index in [0.29, 0.717) is 26.6 Å². The molecule has 0 saturated heterocycles. The average Bonchev–Trinajstić information content (AvgIpc) is 3.31. The summed E-state index contributed by atoms with van der Waals surface area (Å²) < 4.78 is 1.61. The molecule has 0 saturated carbocycles. The van der Waals surface area contributed by atoms with Crippen LogP contribution in [0.5, 0.6) is 0 Å². The van der Waals surface area contributed by atoms with Crippen LogP contribution in [0.4, 0.5) is 5.82 Å². The van der Waals surface area contributed by atoms with Gasteiger partial charge in [0.1, 0.15) is 5.82 Å². The van der Waals surface area contributed by atoms with E-state index in [1.54, 1.807) is 22.9 Å². The maximum Gasteiger partial charge on any atom is 0.258 e. The average molecular weight is 429 g/mol. The first-order chi connectivity index (χ1) is 13.5. The summed E-state index contributed by atoms with van der Waals surface area (Å²) in [4.78, 5) is 17.4. The molecule has 1 N–H and O–H groups in total. The molecule has 0 aliphatic carbocycles. The Morgan fingerprint density at radius 1 is 1.11 bits per heavy atom. The summed E-state index contributed by atoms with van der Waals surface area (Å²) in [5.41, 5.74) is 2.92. The zero-order valence-electron chi connectivity index (χ0n) is 14.7. The first-order valence-electron chi connectivity index (χ1n) is 8.35. The fraction of sp³-hybridized carbons (Fsp3) is 0.0500. The summed E-state index contributed by atoms with van der Waals surface area (Å²) in [6.07, 6.45) is 0. The van der Waals surface area contributed by atoms with Gasteiger partial charge in [-0.25, -0.2) is 4.98 Å². The molecule has 2 aromatic carbocycles. The topological polar surface area (TPSA) is 59.8 Å². The number of benzene rings is 2. The van der Waals surface area contributed by atoms with Gasteiger partial charge < -0.3 is 5.32 Å². The second-order valence-electron chi connectivity index (χ2n) is 6.04. The molecule has 140 valence electrons. The highest BCUT2D eigenvalue weighted by Gasteiger charge is 2.17. The van der Waals surface area contributed by atoms with E-state index in [4.69, 9.17) is 23.2 Å². The van der Waals surface area contributed by atoms with Gasteiger partial charge in [-0.2, -0.15) is 9.78 Å². The van der Waals surface area contributed by atoms with E-state index in [1.807, 2.05) is 42.6 Å². The van der Waals surface area contributed by atoms with E-state index in [1.165, 1.54) is 17.4 Å². The zero-order valence-corrected chi connectivity index (χ0v) is 17.0. The molecule has 4 aromatic rings. The third kappa shape index (κ3) is 3.80.